The van der Waals surface area contributed by atoms with Gasteiger partial charge in [-0.3, -0.25) is 4.79 Å². The van der Waals surface area contributed by atoms with E-state index >= 15 is 0 Å². The van der Waals surface area contributed by atoms with Gasteiger partial charge in [0.15, 0.2) is 0 Å². The van der Waals surface area contributed by atoms with Gasteiger partial charge >= 0.3 is 0 Å². The fourth-order valence-electron chi connectivity index (χ4n) is 5.18. The molecule has 7 heteroatoms. The van der Waals surface area contributed by atoms with E-state index in [4.69, 9.17) is 4.74 Å². The highest BCUT2D eigenvalue weighted by molar-refractivity contribution is 6.07. The van der Waals surface area contributed by atoms with Gasteiger partial charge in [0, 0.05) is 41.1 Å². The molecule has 1 aliphatic carbocycles. The number of hydrogen-bond acceptors (Lipinski definition) is 4. The molecule has 0 atom stereocenters. The SMILES string of the molecule is CCNC(=O)c1cc2c([nH]1)c(-c1cc(C(C)(C)O)ccc1OC1CCC(C)CC1)cn1c(C)cnc21. The number of aromatic nitrogens is 3. The smallest absolute Gasteiger partial charge is 0.267 e. The summed E-state index contributed by atoms with van der Waals surface area (Å²) in [4.78, 5) is 20.7. The Hall–Kier alpha value is -3.32. The van der Waals surface area contributed by atoms with Gasteiger partial charge in [-0.2, -0.15) is 0 Å². The fraction of sp³-hybridized carbons (Fsp3) is 0.448. The molecule has 1 fully saturated rings. The number of benzene rings is 1. The zero-order valence-corrected chi connectivity index (χ0v) is 21.8. The molecule has 190 valence electrons. The van der Waals surface area contributed by atoms with Crippen molar-refractivity contribution in [3.05, 3.63) is 53.6 Å². The Morgan fingerprint density at radius 2 is 1.97 bits per heavy atom. The molecule has 0 aliphatic heterocycles. The van der Waals surface area contributed by atoms with Crippen LogP contribution >= 0.6 is 0 Å². The van der Waals surface area contributed by atoms with Crippen molar-refractivity contribution in [2.75, 3.05) is 6.54 Å². The van der Waals surface area contributed by atoms with Gasteiger partial charge in [0.1, 0.15) is 17.1 Å². The van der Waals surface area contributed by atoms with Crippen LogP contribution < -0.4 is 10.1 Å². The summed E-state index contributed by atoms with van der Waals surface area (Å²) in [5.41, 5.74) is 4.68. The molecule has 1 aromatic carbocycles. The van der Waals surface area contributed by atoms with E-state index in [1.54, 1.807) is 13.8 Å². The Labute approximate surface area is 211 Å². The predicted molar refractivity (Wildman–Crippen MR) is 143 cm³/mol. The molecule has 0 radical (unpaired) electrons. The van der Waals surface area contributed by atoms with Gasteiger partial charge in [-0.05, 0) is 83.1 Å². The summed E-state index contributed by atoms with van der Waals surface area (Å²) in [6.45, 7) is 10.3. The highest BCUT2D eigenvalue weighted by atomic mass is 16.5. The van der Waals surface area contributed by atoms with Gasteiger partial charge in [-0.15, -0.1) is 0 Å². The summed E-state index contributed by atoms with van der Waals surface area (Å²) in [6, 6.07) is 7.80. The van der Waals surface area contributed by atoms with Crippen LogP contribution in [-0.4, -0.2) is 38.0 Å². The molecule has 1 saturated carbocycles. The van der Waals surface area contributed by atoms with Crippen LogP contribution in [0, 0.1) is 12.8 Å². The maximum Gasteiger partial charge on any atom is 0.267 e. The van der Waals surface area contributed by atoms with Crippen molar-refractivity contribution in [1.29, 1.82) is 0 Å². The van der Waals surface area contributed by atoms with Crippen molar-refractivity contribution in [3.63, 3.8) is 0 Å². The number of amides is 1. The van der Waals surface area contributed by atoms with E-state index in [0.717, 1.165) is 63.4 Å². The van der Waals surface area contributed by atoms with Crippen molar-refractivity contribution in [1.82, 2.24) is 19.7 Å². The summed E-state index contributed by atoms with van der Waals surface area (Å²) in [5, 5.41) is 14.6. The molecule has 7 nitrogen and oxygen atoms in total. The summed E-state index contributed by atoms with van der Waals surface area (Å²) in [7, 11) is 0. The van der Waals surface area contributed by atoms with Crippen LogP contribution in [0.15, 0.2) is 36.7 Å². The van der Waals surface area contributed by atoms with Crippen molar-refractivity contribution in [2.24, 2.45) is 5.92 Å². The Morgan fingerprint density at radius 1 is 1.22 bits per heavy atom. The van der Waals surface area contributed by atoms with Gasteiger partial charge < -0.3 is 24.5 Å². The Bertz CT molecular complexity index is 1420. The summed E-state index contributed by atoms with van der Waals surface area (Å²) in [5.74, 6) is 1.37. The van der Waals surface area contributed by atoms with E-state index < -0.39 is 5.60 Å². The predicted octanol–water partition coefficient (Wildman–Crippen LogP) is 5.73. The van der Waals surface area contributed by atoms with Gasteiger partial charge in [0.05, 0.1) is 17.2 Å². The minimum absolute atomic E-state index is 0.154. The Morgan fingerprint density at radius 3 is 2.67 bits per heavy atom. The number of rotatable bonds is 6. The van der Waals surface area contributed by atoms with Gasteiger partial charge in [-0.25, -0.2) is 4.98 Å². The molecule has 0 bridgehead atoms. The lowest BCUT2D eigenvalue weighted by molar-refractivity contribution is 0.0784. The lowest BCUT2D eigenvalue weighted by Crippen LogP contribution is -2.23. The first-order valence-corrected chi connectivity index (χ1v) is 13.0. The van der Waals surface area contributed by atoms with Crippen molar-refractivity contribution in [2.45, 2.75) is 72.0 Å². The standard InChI is InChI=1S/C29H36N4O3/c1-6-30-28(34)24-14-22-26(32-24)23(16-33-18(3)15-31-27(22)33)21-13-19(29(4,5)35)9-12-25(21)36-20-10-7-17(2)8-11-20/h9,12-17,20,32,35H,6-8,10-11H2,1-5H3,(H,30,34). The van der Waals surface area contributed by atoms with Gasteiger partial charge in [0.2, 0.25) is 0 Å². The monoisotopic (exact) mass is 488 g/mol. The third-order valence-electron chi connectivity index (χ3n) is 7.38. The van der Waals surface area contributed by atoms with Crippen LogP contribution in [-0.2, 0) is 5.60 Å². The quantitative estimate of drug-likeness (QED) is 0.323. The van der Waals surface area contributed by atoms with E-state index in [9.17, 15) is 9.90 Å². The van der Waals surface area contributed by atoms with Gasteiger partial charge in [0.25, 0.3) is 5.91 Å². The minimum atomic E-state index is -1.01. The molecule has 3 heterocycles. The highest BCUT2D eigenvalue weighted by Crippen LogP contribution is 2.40. The number of aliphatic hydroxyl groups is 1. The molecule has 3 N–H and O–H groups in total. The van der Waals surface area contributed by atoms with Gasteiger partial charge in [-0.1, -0.05) is 13.0 Å². The van der Waals surface area contributed by atoms with Crippen LogP contribution in [0.4, 0.5) is 0 Å². The third kappa shape index (κ3) is 4.48. The van der Waals surface area contributed by atoms with E-state index in [-0.39, 0.29) is 12.0 Å². The second-order valence-electron chi connectivity index (χ2n) is 10.7. The molecular weight excluding hydrogens is 452 g/mol. The number of carbonyl (C=O) groups is 1. The van der Waals surface area contributed by atoms with Crippen molar-refractivity contribution >= 4 is 22.5 Å². The second-order valence-corrected chi connectivity index (χ2v) is 10.7. The molecule has 0 unspecified atom stereocenters. The maximum atomic E-state index is 12.7. The number of aromatic amines is 1. The van der Waals surface area contributed by atoms with Crippen LogP contribution in [0.5, 0.6) is 5.75 Å². The van der Waals surface area contributed by atoms with Crippen LogP contribution in [0.2, 0.25) is 0 Å². The zero-order valence-electron chi connectivity index (χ0n) is 21.8. The zero-order chi connectivity index (χ0) is 25.6. The van der Waals surface area contributed by atoms with E-state index in [1.807, 2.05) is 44.3 Å². The highest BCUT2D eigenvalue weighted by Gasteiger charge is 2.25. The Kier molecular flexibility index (Phi) is 6.29. The van der Waals surface area contributed by atoms with E-state index in [0.29, 0.717) is 12.2 Å². The first kappa shape index (κ1) is 24.4. The average Bonchev–Trinajstić information content (AvgIpc) is 3.44. The molecule has 0 spiro atoms. The van der Waals surface area contributed by atoms with Crippen LogP contribution in [0.1, 0.15) is 75.1 Å². The number of carbonyl (C=O) groups excluding carboxylic acids is 1. The van der Waals surface area contributed by atoms with Crippen molar-refractivity contribution < 1.29 is 14.6 Å². The molecule has 4 aromatic rings. The maximum absolute atomic E-state index is 12.7. The number of pyridine rings is 1. The fourth-order valence-corrected chi connectivity index (χ4v) is 5.18. The topological polar surface area (TPSA) is 91.7 Å². The summed E-state index contributed by atoms with van der Waals surface area (Å²) in [6.07, 6.45) is 8.45. The van der Waals surface area contributed by atoms with Crippen molar-refractivity contribution in [3.8, 4) is 16.9 Å². The molecule has 3 aromatic heterocycles. The molecular formula is C29H36N4O3. The largest absolute Gasteiger partial charge is 0.490 e. The lowest BCUT2D eigenvalue weighted by atomic mass is 9.88. The van der Waals surface area contributed by atoms with Crippen LogP contribution in [0.25, 0.3) is 27.7 Å². The average molecular weight is 489 g/mol. The molecule has 1 aliphatic rings. The second kappa shape index (κ2) is 9.28. The Balaban J connectivity index is 1.72. The number of ether oxygens (including phenoxy) is 1. The van der Waals surface area contributed by atoms with E-state index in [2.05, 4.69) is 32.8 Å². The molecule has 36 heavy (non-hydrogen) atoms. The molecule has 0 saturated heterocycles. The number of H-pyrrole nitrogens is 1. The number of nitrogens with zero attached hydrogens (tertiary/aromatic N) is 2. The first-order chi connectivity index (χ1) is 17.2. The lowest BCUT2D eigenvalue weighted by Gasteiger charge is -2.28. The summed E-state index contributed by atoms with van der Waals surface area (Å²) >= 11 is 0. The first-order valence-electron chi connectivity index (χ1n) is 13.0. The molecule has 5 rings (SSSR count). The normalized spacial score (nSPS) is 18.6. The number of nitrogens with one attached hydrogen (secondary N) is 2. The number of fused-ring (bicyclic) bond motifs is 3. The number of aryl methyl sites for hydroxylation is 1. The summed E-state index contributed by atoms with van der Waals surface area (Å²) < 4.78 is 8.67. The minimum Gasteiger partial charge on any atom is -0.490 e. The third-order valence-corrected chi connectivity index (χ3v) is 7.38. The number of hydrogen-bond donors (Lipinski definition) is 3. The van der Waals surface area contributed by atoms with E-state index in [1.165, 1.54) is 12.8 Å². The molecule has 1 amide bonds. The number of imidazole rings is 1. The van der Waals surface area contributed by atoms with Crippen LogP contribution in [0.3, 0.4) is 0 Å².